The number of hydrogen-bond donors (Lipinski definition) is 1. The lowest BCUT2D eigenvalue weighted by molar-refractivity contribution is -0.133. The van der Waals surface area contributed by atoms with Crippen molar-refractivity contribution in [3.8, 4) is 11.5 Å². The molecule has 8 nitrogen and oxygen atoms in total. The second-order valence-electron chi connectivity index (χ2n) is 5.19. The number of nitrogens with zero attached hydrogens (tertiary/aromatic N) is 3. The van der Waals surface area contributed by atoms with Gasteiger partial charge in [0.1, 0.15) is 5.75 Å². The predicted octanol–water partition coefficient (Wildman–Crippen LogP) is 1.70. The van der Waals surface area contributed by atoms with Crippen LogP contribution in [-0.4, -0.2) is 52.8 Å². The maximum atomic E-state index is 12.6. The van der Waals surface area contributed by atoms with Gasteiger partial charge >= 0.3 is 5.97 Å². The van der Waals surface area contributed by atoms with Crippen LogP contribution in [0.15, 0.2) is 38.8 Å². The number of carboxylic acids is 1. The van der Waals surface area contributed by atoms with Crippen LogP contribution < -0.4 is 0 Å². The molecule has 0 aliphatic carbocycles. The van der Waals surface area contributed by atoms with Crippen LogP contribution in [0.5, 0.6) is 0 Å². The van der Waals surface area contributed by atoms with Crippen molar-refractivity contribution in [1.82, 2.24) is 14.5 Å². The van der Waals surface area contributed by atoms with Crippen molar-refractivity contribution in [2.45, 2.75) is 23.0 Å². The molecule has 2 aromatic rings. The van der Waals surface area contributed by atoms with Crippen LogP contribution in [0.2, 0.25) is 0 Å². The third kappa shape index (κ3) is 3.60. The van der Waals surface area contributed by atoms with Gasteiger partial charge in [-0.3, -0.25) is 4.79 Å². The Morgan fingerprint density at radius 1 is 1.29 bits per heavy atom. The Labute approximate surface area is 142 Å². The first-order chi connectivity index (χ1) is 11.5. The summed E-state index contributed by atoms with van der Waals surface area (Å²) in [6, 6.07) is 6.31. The van der Waals surface area contributed by atoms with Crippen molar-refractivity contribution in [2.24, 2.45) is 0 Å². The van der Waals surface area contributed by atoms with E-state index in [4.69, 9.17) is 9.52 Å². The van der Waals surface area contributed by atoms with Crippen LogP contribution >= 0.6 is 11.8 Å². The van der Waals surface area contributed by atoms with Crippen molar-refractivity contribution in [1.29, 1.82) is 0 Å². The molecule has 0 radical (unpaired) electrons. The molecule has 0 amide bonds. The zero-order valence-corrected chi connectivity index (χ0v) is 14.2. The molecule has 10 heteroatoms. The van der Waals surface area contributed by atoms with E-state index >= 15 is 0 Å². The quantitative estimate of drug-likeness (QED) is 0.765. The Kier molecular flexibility index (Phi) is 4.88. The molecule has 3 rings (SSSR count). The molecule has 0 spiro atoms. The van der Waals surface area contributed by atoms with E-state index in [0.717, 1.165) is 24.6 Å². The summed E-state index contributed by atoms with van der Waals surface area (Å²) in [5, 5.41) is 16.4. The number of thioether (sulfide) groups is 1. The molecule has 1 fully saturated rings. The van der Waals surface area contributed by atoms with Crippen LogP contribution in [0, 0.1) is 0 Å². The molecule has 1 aliphatic rings. The number of aliphatic carboxylic acids is 1. The third-order valence-electron chi connectivity index (χ3n) is 3.51. The number of hydrogen-bond acceptors (Lipinski definition) is 7. The molecule has 0 bridgehead atoms. The lowest BCUT2D eigenvalue weighted by Gasteiger charge is -2.15. The molecule has 24 heavy (non-hydrogen) atoms. The van der Waals surface area contributed by atoms with Gasteiger partial charge < -0.3 is 9.52 Å². The van der Waals surface area contributed by atoms with Crippen LogP contribution in [0.4, 0.5) is 0 Å². The summed E-state index contributed by atoms with van der Waals surface area (Å²) in [6.45, 7) is 1.06. The monoisotopic (exact) mass is 369 g/mol. The maximum absolute atomic E-state index is 12.6. The summed E-state index contributed by atoms with van der Waals surface area (Å²) in [4.78, 5) is 10.7. The fourth-order valence-electron chi connectivity index (χ4n) is 2.38. The molecule has 0 atom stereocenters. The van der Waals surface area contributed by atoms with Gasteiger partial charge in [0.2, 0.25) is 15.9 Å². The normalized spacial score (nSPS) is 15.7. The number of carbonyl (C=O) groups is 1. The molecule has 1 N–H and O–H groups in total. The Hall–Kier alpha value is -1.91. The van der Waals surface area contributed by atoms with E-state index in [2.05, 4.69) is 10.2 Å². The van der Waals surface area contributed by atoms with E-state index in [9.17, 15) is 13.2 Å². The largest absolute Gasteiger partial charge is 0.481 e. The highest BCUT2D eigenvalue weighted by atomic mass is 32.2. The minimum absolute atomic E-state index is 0.125. The lowest BCUT2D eigenvalue weighted by Crippen LogP contribution is -2.27. The fraction of sp³-hybridized carbons (Fsp3) is 0.357. The lowest BCUT2D eigenvalue weighted by atomic mass is 10.2. The second-order valence-corrected chi connectivity index (χ2v) is 8.06. The van der Waals surface area contributed by atoms with Crippen LogP contribution in [0.25, 0.3) is 11.5 Å². The molecule has 2 heterocycles. The fourth-order valence-corrected chi connectivity index (χ4v) is 4.42. The summed E-state index contributed by atoms with van der Waals surface area (Å²) in [5.41, 5.74) is 0.477. The van der Waals surface area contributed by atoms with Crippen molar-refractivity contribution < 1.29 is 22.7 Å². The molecule has 1 saturated heterocycles. The van der Waals surface area contributed by atoms with Gasteiger partial charge in [-0.05, 0) is 31.0 Å². The Morgan fingerprint density at radius 3 is 2.75 bits per heavy atom. The van der Waals surface area contributed by atoms with Crippen molar-refractivity contribution in [2.75, 3.05) is 18.8 Å². The van der Waals surface area contributed by atoms with Gasteiger partial charge in [-0.2, -0.15) is 4.31 Å². The van der Waals surface area contributed by atoms with Crippen molar-refractivity contribution in [3.63, 3.8) is 0 Å². The van der Waals surface area contributed by atoms with Gasteiger partial charge in [-0.15, -0.1) is 10.2 Å². The first-order valence-electron chi connectivity index (χ1n) is 7.25. The molecule has 0 unspecified atom stereocenters. The average molecular weight is 369 g/mol. The average Bonchev–Trinajstić information content (AvgIpc) is 3.25. The minimum Gasteiger partial charge on any atom is -0.481 e. The summed E-state index contributed by atoms with van der Waals surface area (Å²) >= 11 is 0.908. The minimum atomic E-state index is -3.52. The number of carboxylic acid groups (broad SMARTS) is 1. The second kappa shape index (κ2) is 6.91. The first-order valence-corrected chi connectivity index (χ1v) is 9.68. The van der Waals surface area contributed by atoms with Crippen LogP contribution in [0.3, 0.4) is 0 Å². The van der Waals surface area contributed by atoms with E-state index in [1.807, 2.05) is 0 Å². The number of benzene rings is 1. The topological polar surface area (TPSA) is 114 Å². The number of aromatic nitrogens is 2. The molecule has 1 aromatic carbocycles. The Balaban J connectivity index is 1.84. The molecule has 0 saturated carbocycles. The summed E-state index contributed by atoms with van der Waals surface area (Å²) in [5.74, 6) is -1.02. The third-order valence-corrected chi connectivity index (χ3v) is 6.21. The summed E-state index contributed by atoms with van der Waals surface area (Å²) in [6.07, 6.45) is 1.74. The zero-order valence-electron chi connectivity index (χ0n) is 12.6. The van der Waals surface area contributed by atoms with Gasteiger partial charge in [0.25, 0.3) is 5.22 Å². The van der Waals surface area contributed by atoms with E-state index < -0.39 is 16.0 Å². The van der Waals surface area contributed by atoms with Gasteiger partial charge in [-0.25, -0.2) is 8.42 Å². The van der Waals surface area contributed by atoms with E-state index in [1.54, 1.807) is 12.1 Å². The van der Waals surface area contributed by atoms with Crippen LogP contribution in [-0.2, 0) is 14.8 Å². The SMILES string of the molecule is O=C(O)CSc1nnc(-c2cccc(S(=O)(=O)N3CCCC3)c2)o1. The predicted molar refractivity (Wildman–Crippen MR) is 86.1 cm³/mol. The maximum Gasteiger partial charge on any atom is 0.314 e. The van der Waals surface area contributed by atoms with Crippen LogP contribution in [0.1, 0.15) is 12.8 Å². The zero-order chi connectivity index (χ0) is 17.2. The molecule has 128 valence electrons. The highest BCUT2D eigenvalue weighted by Crippen LogP contribution is 2.27. The van der Waals surface area contributed by atoms with Crippen molar-refractivity contribution >= 4 is 27.8 Å². The standard InChI is InChI=1S/C14H15N3O5S2/c18-12(19)9-23-14-16-15-13(22-14)10-4-3-5-11(8-10)24(20,21)17-6-1-2-7-17/h3-5,8H,1-2,6-7,9H2,(H,18,19). The van der Waals surface area contributed by atoms with Gasteiger partial charge in [0.15, 0.2) is 0 Å². The Bertz CT molecular complexity index is 844. The molecular weight excluding hydrogens is 354 g/mol. The smallest absolute Gasteiger partial charge is 0.314 e. The van der Waals surface area contributed by atoms with Gasteiger partial charge in [-0.1, -0.05) is 17.8 Å². The summed E-state index contributed by atoms with van der Waals surface area (Å²) < 4.78 is 32.0. The first kappa shape index (κ1) is 16.9. The number of sulfonamides is 1. The highest BCUT2D eigenvalue weighted by molar-refractivity contribution is 7.99. The molecular formula is C14H15N3O5S2. The van der Waals surface area contributed by atoms with Gasteiger partial charge in [0, 0.05) is 18.7 Å². The Morgan fingerprint density at radius 2 is 2.04 bits per heavy atom. The molecule has 1 aromatic heterocycles. The molecule has 1 aliphatic heterocycles. The van der Waals surface area contributed by atoms with Crippen molar-refractivity contribution in [3.05, 3.63) is 24.3 Å². The summed E-state index contributed by atoms with van der Waals surface area (Å²) in [7, 11) is -3.52. The van der Waals surface area contributed by atoms with E-state index in [0.29, 0.717) is 18.7 Å². The van der Waals surface area contributed by atoms with E-state index in [-0.39, 0.29) is 21.8 Å². The highest BCUT2D eigenvalue weighted by Gasteiger charge is 2.27. The number of rotatable bonds is 6. The van der Waals surface area contributed by atoms with E-state index in [1.165, 1.54) is 16.4 Å². The van der Waals surface area contributed by atoms with Gasteiger partial charge in [0.05, 0.1) is 4.90 Å².